The summed E-state index contributed by atoms with van der Waals surface area (Å²) in [7, 11) is 0. The lowest BCUT2D eigenvalue weighted by atomic mass is 9.51. The lowest BCUT2D eigenvalue weighted by molar-refractivity contribution is -0.314. The van der Waals surface area contributed by atoms with E-state index in [1.807, 2.05) is 6.92 Å². The van der Waals surface area contributed by atoms with Crippen molar-refractivity contribution in [2.45, 2.75) is 160 Å². The van der Waals surface area contributed by atoms with Crippen LogP contribution in [0.15, 0.2) is 23.3 Å². The highest BCUT2D eigenvalue weighted by molar-refractivity contribution is 5.66. The van der Waals surface area contributed by atoms with E-state index in [1.54, 1.807) is 13.8 Å². The monoisotopic (exact) mass is 678 g/mol. The first-order valence-electron chi connectivity index (χ1n) is 18.0. The Morgan fingerprint density at radius 3 is 2.40 bits per heavy atom. The highest BCUT2D eigenvalue weighted by atomic mass is 16.7. The third kappa shape index (κ3) is 5.73. The molecule has 2 aliphatic heterocycles. The summed E-state index contributed by atoms with van der Waals surface area (Å²) in [4.78, 5) is 12.2. The summed E-state index contributed by atoms with van der Waals surface area (Å²) in [6.45, 7) is 13.0. The number of carbonyl (C=O) groups is 1. The van der Waals surface area contributed by atoms with Crippen molar-refractivity contribution < 1.29 is 54.4 Å². The minimum atomic E-state index is -1.47. The second-order valence-electron chi connectivity index (χ2n) is 16.9. The number of carbonyl (C=O) groups excluding carboxylic acids is 1. The number of rotatable bonds is 9. The Labute approximate surface area is 284 Å². The maximum absolute atomic E-state index is 12.2. The number of esters is 1. The largest absolute Gasteiger partial charge is 0.459 e. The quantitative estimate of drug-likeness (QED) is 0.156. The van der Waals surface area contributed by atoms with Gasteiger partial charge in [-0.2, -0.15) is 0 Å². The molecule has 0 radical (unpaired) electrons. The molecule has 4 aliphatic carbocycles. The topological polar surface area (TPSA) is 179 Å². The number of hydrogen-bond donors (Lipinski definition) is 6. The first-order valence-corrected chi connectivity index (χ1v) is 18.0. The maximum Gasteiger partial charge on any atom is 0.303 e. The molecule has 6 aliphatic rings. The second kappa shape index (κ2) is 12.7. The first-order chi connectivity index (χ1) is 22.4. The number of ether oxygens (including phenoxy) is 4. The summed E-state index contributed by atoms with van der Waals surface area (Å²) in [6, 6.07) is 0. The molecular formula is C37H58O11. The fourth-order valence-electron chi connectivity index (χ4n) is 11.0. The first kappa shape index (κ1) is 36.4. The van der Waals surface area contributed by atoms with E-state index in [0.29, 0.717) is 18.8 Å². The number of aliphatic hydroxyl groups is 6. The molecule has 6 unspecified atom stereocenters. The van der Waals surface area contributed by atoms with Crippen molar-refractivity contribution in [1.82, 2.24) is 0 Å². The van der Waals surface area contributed by atoms with Crippen LogP contribution in [0.25, 0.3) is 0 Å². The Balaban J connectivity index is 1.17. The van der Waals surface area contributed by atoms with E-state index in [9.17, 15) is 35.4 Å². The van der Waals surface area contributed by atoms with Crippen molar-refractivity contribution >= 4 is 5.97 Å². The van der Waals surface area contributed by atoms with Gasteiger partial charge in [-0.15, -0.1) is 0 Å². The van der Waals surface area contributed by atoms with Crippen molar-refractivity contribution in [2.24, 2.45) is 34.5 Å². The summed E-state index contributed by atoms with van der Waals surface area (Å²) in [5, 5.41) is 63.3. The van der Waals surface area contributed by atoms with Gasteiger partial charge in [-0.3, -0.25) is 4.79 Å². The van der Waals surface area contributed by atoms with Crippen LogP contribution in [0.3, 0.4) is 0 Å². The molecule has 16 atom stereocenters. The van der Waals surface area contributed by atoms with Gasteiger partial charge < -0.3 is 49.6 Å². The van der Waals surface area contributed by atoms with Crippen LogP contribution in [0.4, 0.5) is 0 Å². The van der Waals surface area contributed by atoms with E-state index < -0.39 is 66.7 Å². The van der Waals surface area contributed by atoms with E-state index in [4.69, 9.17) is 18.9 Å². The standard InChI is InChI=1S/C37H58O11/c1-18(14-28(45-20(3)39)37(19(2)48-37)34(4,5)44)29-26(40)16-25-23-9-8-21-15-22(10-12-35(21,6)24(23)11-13-36(25,29)7)46-33-32(43)31(42)30(41)27(17-38)47-33/h9,11,18-19,21-22,25-33,38,40-44H,8,10,12-17H2,1-7H3/t18?,19?,21-,22-,25-,26?,27+,28?,29?,30+,31-,32+,33+,35-,36-,37?/m0/s1. The van der Waals surface area contributed by atoms with Crippen LogP contribution in [0.2, 0.25) is 0 Å². The number of hydrogen-bond acceptors (Lipinski definition) is 11. The van der Waals surface area contributed by atoms with Crippen molar-refractivity contribution in [2.75, 3.05) is 6.61 Å². The Bertz CT molecular complexity index is 1290. The van der Waals surface area contributed by atoms with Crippen LogP contribution in [-0.2, 0) is 23.7 Å². The smallest absolute Gasteiger partial charge is 0.303 e. The number of epoxide rings is 1. The van der Waals surface area contributed by atoms with Gasteiger partial charge in [0.05, 0.1) is 30.5 Å². The number of aliphatic hydroxyl groups excluding tert-OH is 5. The zero-order valence-electron chi connectivity index (χ0n) is 29.5. The number of fused-ring (bicyclic) bond motifs is 5. The van der Waals surface area contributed by atoms with Crippen LogP contribution < -0.4 is 0 Å². The summed E-state index contributed by atoms with van der Waals surface area (Å²) >= 11 is 0. The summed E-state index contributed by atoms with van der Waals surface area (Å²) in [5.74, 6) is 0.0213. The molecule has 11 nitrogen and oxygen atoms in total. The molecule has 6 N–H and O–H groups in total. The van der Waals surface area contributed by atoms with E-state index >= 15 is 0 Å². The van der Waals surface area contributed by atoms with Crippen molar-refractivity contribution in [3.8, 4) is 0 Å². The molecule has 0 aromatic heterocycles. The molecule has 0 bridgehead atoms. The molecule has 6 rings (SSSR count). The summed E-state index contributed by atoms with van der Waals surface area (Å²) in [5.41, 5.74) is 0.235. The third-order valence-corrected chi connectivity index (χ3v) is 13.6. The highest BCUT2D eigenvalue weighted by Crippen LogP contribution is 2.65. The molecule has 2 saturated carbocycles. The van der Waals surface area contributed by atoms with Crippen molar-refractivity contribution in [3.05, 3.63) is 23.3 Å². The van der Waals surface area contributed by atoms with Crippen LogP contribution in [0.5, 0.6) is 0 Å². The zero-order chi connectivity index (χ0) is 35.1. The lowest BCUT2D eigenvalue weighted by Crippen LogP contribution is -2.60. The normalized spacial score (nSPS) is 48.3. The molecule has 0 aromatic rings. The molecule has 2 heterocycles. The second-order valence-corrected chi connectivity index (χ2v) is 16.9. The van der Waals surface area contributed by atoms with Gasteiger partial charge in [0.15, 0.2) is 11.9 Å². The number of allylic oxidation sites excluding steroid dienone is 4. The van der Waals surface area contributed by atoms with Gasteiger partial charge in [0, 0.05) is 6.92 Å². The fourth-order valence-corrected chi connectivity index (χ4v) is 11.0. The fraction of sp³-hybridized carbons (Fsp3) is 0.865. The summed E-state index contributed by atoms with van der Waals surface area (Å²) < 4.78 is 23.7. The molecule has 272 valence electrons. The van der Waals surface area contributed by atoms with Crippen molar-refractivity contribution in [1.29, 1.82) is 0 Å². The predicted molar refractivity (Wildman–Crippen MR) is 174 cm³/mol. The Morgan fingerprint density at radius 1 is 1.10 bits per heavy atom. The van der Waals surface area contributed by atoms with E-state index in [2.05, 4.69) is 32.9 Å². The van der Waals surface area contributed by atoms with Crippen molar-refractivity contribution in [3.63, 3.8) is 0 Å². The SMILES string of the molecule is CC(=O)OC(CC(C)C1C(O)C[C@H]2C3=CC[C@H]4C[C@@H](O[C@@H]5O[C@H](CO)[C@@H](O)[C@H](O)[C@H]5O)CC[C@]4(C)C3=CC[C@]12C)C1(C(C)(C)O)OC1C. The van der Waals surface area contributed by atoms with E-state index in [0.717, 1.165) is 32.1 Å². The Kier molecular flexibility index (Phi) is 9.60. The van der Waals surface area contributed by atoms with Crippen LogP contribution in [0, 0.1) is 34.5 Å². The summed E-state index contributed by atoms with van der Waals surface area (Å²) in [6.07, 6.45) is 1.88. The molecule has 2 saturated heterocycles. The lowest BCUT2D eigenvalue weighted by Gasteiger charge is -2.54. The van der Waals surface area contributed by atoms with Crippen LogP contribution in [-0.4, -0.2) is 110 Å². The molecule has 0 spiro atoms. The van der Waals surface area contributed by atoms with E-state index in [-0.39, 0.29) is 40.8 Å². The molecule has 0 amide bonds. The molecule has 4 fully saturated rings. The Morgan fingerprint density at radius 2 is 1.79 bits per heavy atom. The Hall–Kier alpha value is -1.41. The van der Waals surface area contributed by atoms with Gasteiger partial charge in [0.25, 0.3) is 0 Å². The minimum absolute atomic E-state index is 0.00698. The average Bonchev–Trinajstić information content (AvgIpc) is 3.62. The average molecular weight is 679 g/mol. The third-order valence-electron chi connectivity index (χ3n) is 13.6. The zero-order valence-corrected chi connectivity index (χ0v) is 29.5. The van der Waals surface area contributed by atoms with Crippen LogP contribution >= 0.6 is 0 Å². The molecular weight excluding hydrogens is 620 g/mol. The van der Waals surface area contributed by atoms with Gasteiger partial charge in [-0.05, 0) is 111 Å². The molecule has 0 aromatic carbocycles. The van der Waals surface area contributed by atoms with Gasteiger partial charge in [0.2, 0.25) is 0 Å². The minimum Gasteiger partial charge on any atom is -0.459 e. The molecule has 11 heteroatoms. The van der Waals surface area contributed by atoms with Gasteiger partial charge in [0.1, 0.15) is 30.5 Å². The predicted octanol–water partition coefficient (Wildman–Crippen LogP) is 2.53. The van der Waals surface area contributed by atoms with E-state index in [1.165, 1.54) is 18.1 Å². The van der Waals surface area contributed by atoms with Gasteiger partial charge in [-0.25, -0.2) is 0 Å². The molecule has 48 heavy (non-hydrogen) atoms. The van der Waals surface area contributed by atoms with Gasteiger partial charge in [-0.1, -0.05) is 32.9 Å². The van der Waals surface area contributed by atoms with Gasteiger partial charge >= 0.3 is 5.97 Å². The highest BCUT2D eigenvalue weighted by Gasteiger charge is 2.69. The maximum atomic E-state index is 12.2. The van der Waals surface area contributed by atoms with Crippen LogP contribution in [0.1, 0.15) is 93.4 Å².